The summed E-state index contributed by atoms with van der Waals surface area (Å²) >= 11 is 0. The van der Waals surface area contributed by atoms with Crippen LogP contribution in [-0.2, 0) is 12.8 Å². The maximum atomic E-state index is 9.81. The molecule has 1 aromatic carbocycles. The van der Waals surface area contributed by atoms with Crippen molar-refractivity contribution in [2.24, 2.45) is 0 Å². The zero-order chi connectivity index (χ0) is 11.4. The van der Waals surface area contributed by atoms with E-state index in [0.29, 0.717) is 0 Å². The van der Waals surface area contributed by atoms with Gasteiger partial charge in [0.1, 0.15) is 0 Å². The van der Waals surface area contributed by atoms with E-state index >= 15 is 0 Å². The van der Waals surface area contributed by atoms with Gasteiger partial charge in [-0.05, 0) is 43.4 Å². The Labute approximate surface area is 91.6 Å². The molecule has 2 heteroatoms. The van der Waals surface area contributed by atoms with Crippen LogP contribution >= 0.6 is 0 Å². The van der Waals surface area contributed by atoms with Crippen molar-refractivity contribution in [1.82, 2.24) is 0 Å². The molecule has 0 aromatic heterocycles. The molecule has 0 saturated heterocycles. The number of benzene rings is 1. The quantitative estimate of drug-likeness (QED) is 0.745. The monoisotopic (exact) mass is 208 g/mol. The molecule has 0 saturated carbocycles. The van der Waals surface area contributed by atoms with E-state index < -0.39 is 0 Å². The van der Waals surface area contributed by atoms with Gasteiger partial charge in [-0.3, -0.25) is 0 Å². The van der Waals surface area contributed by atoms with E-state index in [4.69, 9.17) is 0 Å². The molecule has 0 heterocycles. The fourth-order valence-corrected chi connectivity index (χ4v) is 2.01. The molecule has 0 amide bonds. The molecule has 2 N–H and O–H groups in total. The van der Waals surface area contributed by atoms with Crippen molar-refractivity contribution in [3.05, 3.63) is 22.8 Å². The van der Waals surface area contributed by atoms with E-state index in [1.165, 1.54) is 5.56 Å². The second kappa shape index (κ2) is 5.06. The molecule has 0 aliphatic carbocycles. The molecule has 0 spiro atoms. The number of aromatic hydroxyl groups is 2. The lowest BCUT2D eigenvalue weighted by atomic mass is 9.94. The molecule has 0 aliphatic heterocycles. The highest BCUT2D eigenvalue weighted by Gasteiger charge is 2.13. The van der Waals surface area contributed by atoms with Crippen molar-refractivity contribution in [2.75, 3.05) is 0 Å². The molecule has 1 aromatic rings. The Morgan fingerprint density at radius 1 is 1.13 bits per heavy atom. The summed E-state index contributed by atoms with van der Waals surface area (Å²) in [6.07, 6.45) is 3.89. The summed E-state index contributed by atoms with van der Waals surface area (Å²) in [5.74, 6) is 0.0849. The van der Waals surface area contributed by atoms with Crippen LogP contribution in [0.25, 0.3) is 0 Å². The number of rotatable bonds is 4. The van der Waals surface area contributed by atoms with Crippen molar-refractivity contribution in [3.63, 3.8) is 0 Å². The number of aryl methyl sites for hydroxylation is 1. The van der Waals surface area contributed by atoms with Crippen LogP contribution in [-0.4, -0.2) is 10.2 Å². The molecule has 0 bridgehead atoms. The Bertz CT molecular complexity index is 343. The fourth-order valence-electron chi connectivity index (χ4n) is 2.01. The van der Waals surface area contributed by atoms with Crippen molar-refractivity contribution in [1.29, 1.82) is 0 Å². The second-order valence-corrected chi connectivity index (χ2v) is 3.98. The number of phenolic OH excluding ortho intramolecular Hbond substituents is 2. The molecule has 0 aliphatic rings. The topological polar surface area (TPSA) is 40.5 Å². The van der Waals surface area contributed by atoms with Crippen molar-refractivity contribution < 1.29 is 10.2 Å². The van der Waals surface area contributed by atoms with Crippen LogP contribution in [0.15, 0.2) is 6.07 Å². The molecule has 15 heavy (non-hydrogen) atoms. The number of unbranched alkanes of at least 4 members (excludes halogenated alkanes) is 1. The molecule has 0 radical (unpaired) electrons. The second-order valence-electron chi connectivity index (χ2n) is 3.98. The molecule has 0 unspecified atom stereocenters. The highest BCUT2D eigenvalue weighted by molar-refractivity contribution is 5.52. The number of hydrogen-bond donors (Lipinski definition) is 2. The van der Waals surface area contributed by atoms with Gasteiger partial charge in [-0.2, -0.15) is 0 Å². The van der Waals surface area contributed by atoms with E-state index in [2.05, 4.69) is 13.8 Å². The first-order valence-electron chi connectivity index (χ1n) is 5.65. The van der Waals surface area contributed by atoms with Crippen molar-refractivity contribution in [3.8, 4) is 11.5 Å². The van der Waals surface area contributed by atoms with Gasteiger partial charge in [0.05, 0.1) is 0 Å². The van der Waals surface area contributed by atoms with Crippen LogP contribution in [0, 0.1) is 6.92 Å². The lowest BCUT2D eigenvalue weighted by Crippen LogP contribution is -1.97. The summed E-state index contributed by atoms with van der Waals surface area (Å²) in [6.45, 7) is 6.18. The third-order valence-corrected chi connectivity index (χ3v) is 2.86. The first kappa shape index (κ1) is 11.9. The van der Waals surface area contributed by atoms with Crippen LogP contribution in [0.4, 0.5) is 0 Å². The molecule has 0 fully saturated rings. The first-order valence-corrected chi connectivity index (χ1v) is 5.65. The minimum Gasteiger partial charge on any atom is -0.504 e. The van der Waals surface area contributed by atoms with E-state index in [0.717, 1.165) is 36.8 Å². The minimum atomic E-state index is 0.0100. The van der Waals surface area contributed by atoms with Gasteiger partial charge in [0.2, 0.25) is 0 Å². The van der Waals surface area contributed by atoms with Crippen molar-refractivity contribution in [2.45, 2.75) is 46.5 Å². The van der Waals surface area contributed by atoms with Crippen LogP contribution in [0.5, 0.6) is 11.5 Å². The van der Waals surface area contributed by atoms with Gasteiger partial charge >= 0.3 is 0 Å². The van der Waals surface area contributed by atoms with E-state index in [1.54, 1.807) is 6.07 Å². The number of phenols is 2. The molecule has 84 valence electrons. The fraction of sp³-hybridized carbons (Fsp3) is 0.538. The zero-order valence-electron chi connectivity index (χ0n) is 9.80. The van der Waals surface area contributed by atoms with Crippen LogP contribution < -0.4 is 0 Å². The van der Waals surface area contributed by atoms with Gasteiger partial charge in [-0.15, -0.1) is 0 Å². The molecular weight excluding hydrogens is 188 g/mol. The lowest BCUT2D eigenvalue weighted by molar-refractivity contribution is 0.397. The van der Waals surface area contributed by atoms with Crippen LogP contribution in [0.2, 0.25) is 0 Å². The van der Waals surface area contributed by atoms with E-state index in [-0.39, 0.29) is 11.5 Å². The first-order chi connectivity index (χ1) is 7.11. The highest BCUT2D eigenvalue weighted by atomic mass is 16.3. The summed E-state index contributed by atoms with van der Waals surface area (Å²) in [5.41, 5.74) is 3.18. The highest BCUT2D eigenvalue weighted by Crippen LogP contribution is 2.35. The van der Waals surface area contributed by atoms with Gasteiger partial charge in [0, 0.05) is 5.56 Å². The summed E-state index contributed by atoms with van der Waals surface area (Å²) in [5, 5.41) is 19.4. The molecular formula is C13H20O2. The van der Waals surface area contributed by atoms with Crippen molar-refractivity contribution >= 4 is 0 Å². The lowest BCUT2D eigenvalue weighted by Gasteiger charge is -2.14. The average molecular weight is 208 g/mol. The third kappa shape index (κ3) is 2.44. The maximum Gasteiger partial charge on any atom is 0.160 e. The average Bonchev–Trinajstić information content (AvgIpc) is 2.21. The Morgan fingerprint density at radius 3 is 2.33 bits per heavy atom. The van der Waals surface area contributed by atoms with Gasteiger partial charge < -0.3 is 10.2 Å². The van der Waals surface area contributed by atoms with Gasteiger partial charge in [0.15, 0.2) is 11.5 Å². The number of hydrogen-bond acceptors (Lipinski definition) is 2. The third-order valence-electron chi connectivity index (χ3n) is 2.86. The normalized spacial score (nSPS) is 10.6. The summed E-state index contributed by atoms with van der Waals surface area (Å²) < 4.78 is 0. The smallest absolute Gasteiger partial charge is 0.160 e. The van der Waals surface area contributed by atoms with Gasteiger partial charge in [0.25, 0.3) is 0 Å². The van der Waals surface area contributed by atoms with Crippen LogP contribution in [0.3, 0.4) is 0 Å². The summed E-state index contributed by atoms with van der Waals surface area (Å²) in [4.78, 5) is 0. The predicted octanol–water partition coefficient (Wildman–Crippen LogP) is 3.31. The van der Waals surface area contributed by atoms with E-state index in [1.807, 2.05) is 6.92 Å². The Morgan fingerprint density at radius 2 is 1.80 bits per heavy atom. The minimum absolute atomic E-state index is 0.0100. The predicted molar refractivity (Wildman–Crippen MR) is 62.5 cm³/mol. The summed E-state index contributed by atoms with van der Waals surface area (Å²) in [7, 11) is 0. The van der Waals surface area contributed by atoms with Gasteiger partial charge in [-0.1, -0.05) is 20.3 Å². The standard InChI is InChI=1S/C13H20O2/c1-4-6-7-11-10(5-2)9(3)8-12(14)13(11)15/h8,14-15H,4-7H2,1-3H3. The SMILES string of the molecule is CCCCc1c(O)c(O)cc(C)c1CC. The molecule has 1 rings (SSSR count). The zero-order valence-corrected chi connectivity index (χ0v) is 9.80. The Balaban J connectivity index is 3.18. The maximum absolute atomic E-state index is 9.81. The van der Waals surface area contributed by atoms with Crippen LogP contribution in [0.1, 0.15) is 43.4 Å². The molecule has 0 atom stereocenters. The van der Waals surface area contributed by atoms with E-state index in [9.17, 15) is 10.2 Å². The Kier molecular flexibility index (Phi) is 4.01. The largest absolute Gasteiger partial charge is 0.504 e. The summed E-state index contributed by atoms with van der Waals surface area (Å²) in [6, 6.07) is 1.64. The Hall–Kier alpha value is -1.18. The molecule has 2 nitrogen and oxygen atoms in total. The van der Waals surface area contributed by atoms with Gasteiger partial charge in [-0.25, -0.2) is 0 Å².